The fourth-order valence-electron chi connectivity index (χ4n) is 3.96. The second-order valence-electron chi connectivity index (χ2n) is 6.75. The van der Waals surface area contributed by atoms with Crippen LogP contribution in [0.25, 0.3) is 10.9 Å². The molecule has 4 heterocycles. The highest BCUT2D eigenvalue weighted by molar-refractivity contribution is 5.97. The largest absolute Gasteiger partial charge is 0.454 e. The standard InChI is InChI=1S/C22H19N3O4/c1-24-10-19(26)25-16(22(24)27)9-14-13-4-2-3-5-15(13)23-20(14)21(25)12-6-7-17-18(8-12)29-11-28-17/h2-8,16,21,23H,9-11H2,1H3/t16-,21-/m1/s1/i1D3,6D,7D,8D,10D2,11D2,21D. The molecule has 29 heavy (non-hydrogen) atoms. The van der Waals surface area contributed by atoms with Gasteiger partial charge >= 0.3 is 0 Å². The summed E-state index contributed by atoms with van der Waals surface area (Å²) in [5, 5.41) is 0.504. The van der Waals surface area contributed by atoms with Crippen LogP contribution in [-0.4, -0.2) is 52.9 Å². The number of piperazine rings is 1. The molecule has 3 aromatic rings. The summed E-state index contributed by atoms with van der Waals surface area (Å²) in [7, 11) is 0. The number of rotatable bonds is 1. The van der Waals surface area contributed by atoms with E-state index in [2.05, 4.69) is 4.98 Å². The zero-order chi connectivity index (χ0) is 29.3. The number of ether oxygens (including phenoxy) is 2. The van der Waals surface area contributed by atoms with Crippen LogP contribution >= 0.6 is 0 Å². The van der Waals surface area contributed by atoms with Gasteiger partial charge in [-0.15, -0.1) is 0 Å². The van der Waals surface area contributed by atoms with Gasteiger partial charge in [0.15, 0.2) is 11.5 Å². The number of para-hydroxylation sites is 1. The van der Waals surface area contributed by atoms with Crippen LogP contribution in [0, 0.1) is 0 Å². The molecular weight excluding hydrogens is 370 g/mol. The Labute approximate surface area is 182 Å². The fraction of sp³-hybridized carbons (Fsp3) is 0.273. The van der Waals surface area contributed by atoms with Crippen LogP contribution < -0.4 is 9.47 Å². The first kappa shape index (κ1) is 8.90. The molecule has 0 unspecified atom stereocenters. The average molecular weight is 400 g/mol. The van der Waals surface area contributed by atoms with Gasteiger partial charge in [0.1, 0.15) is 8.78 Å². The van der Waals surface area contributed by atoms with Gasteiger partial charge in [0.05, 0.1) is 20.7 Å². The van der Waals surface area contributed by atoms with Crippen molar-refractivity contribution in [2.24, 2.45) is 0 Å². The van der Waals surface area contributed by atoms with E-state index in [4.69, 9.17) is 23.2 Å². The highest BCUT2D eigenvalue weighted by atomic mass is 16.7. The second kappa shape index (κ2) is 5.76. The van der Waals surface area contributed by atoms with Gasteiger partial charge in [0.2, 0.25) is 18.6 Å². The summed E-state index contributed by atoms with van der Waals surface area (Å²) in [4.78, 5) is 30.9. The number of amides is 2. The van der Waals surface area contributed by atoms with E-state index in [1.54, 1.807) is 24.3 Å². The van der Waals surface area contributed by atoms with Gasteiger partial charge in [0.25, 0.3) is 0 Å². The van der Waals surface area contributed by atoms with E-state index >= 15 is 0 Å². The minimum atomic E-state index is -3.45. The molecule has 2 aromatic carbocycles. The number of likely N-dealkylation sites (N-methyl/N-ethyl adjacent to an activating group) is 1. The Kier molecular flexibility index (Phi) is 1.77. The lowest BCUT2D eigenvalue weighted by Gasteiger charge is -2.46. The van der Waals surface area contributed by atoms with Crippen LogP contribution in [0.5, 0.6) is 11.5 Å². The minimum Gasteiger partial charge on any atom is -0.454 e. The number of hydrogen-bond donors (Lipinski definition) is 1. The van der Waals surface area contributed by atoms with Crippen molar-refractivity contribution in [3.05, 3.63) is 59.2 Å². The van der Waals surface area contributed by atoms with Crippen LogP contribution in [0.1, 0.15) is 37.9 Å². The summed E-state index contributed by atoms with van der Waals surface area (Å²) in [6, 6.07) is -0.238. The molecule has 0 bridgehead atoms. The van der Waals surface area contributed by atoms with Crippen molar-refractivity contribution in [1.82, 2.24) is 14.8 Å². The van der Waals surface area contributed by atoms with E-state index < -0.39 is 79.3 Å². The van der Waals surface area contributed by atoms with Gasteiger partial charge in [-0.1, -0.05) is 24.2 Å². The van der Waals surface area contributed by atoms with Crippen molar-refractivity contribution < 1.29 is 34.1 Å². The average Bonchev–Trinajstić information content (AvgIpc) is 3.38. The molecule has 1 saturated heterocycles. The van der Waals surface area contributed by atoms with Crippen molar-refractivity contribution in [3.63, 3.8) is 0 Å². The van der Waals surface area contributed by atoms with E-state index in [9.17, 15) is 11.0 Å². The minimum absolute atomic E-state index is 0.104. The molecule has 146 valence electrons. The molecule has 6 rings (SSSR count). The summed E-state index contributed by atoms with van der Waals surface area (Å²) >= 11 is 0. The lowest BCUT2D eigenvalue weighted by Crippen LogP contribution is -2.62. The highest BCUT2D eigenvalue weighted by Gasteiger charge is 2.47. The quantitative estimate of drug-likeness (QED) is 0.680. The lowest BCUT2D eigenvalue weighted by molar-refractivity contribution is -0.157. The van der Waals surface area contributed by atoms with E-state index in [0.29, 0.717) is 21.4 Å². The maximum absolute atomic E-state index is 13.8. The number of benzene rings is 2. The summed E-state index contributed by atoms with van der Waals surface area (Å²) < 4.78 is 101. The lowest BCUT2D eigenvalue weighted by atomic mass is 9.86. The normalized spacial score (nSPS) is 34.8. The maximum Gasteiger partial charge on any atom is 0.245 e. The van der Waals surface area contributed by atoms with Crippen LogP contribution in [0.3, 0.4) is 0 Å². The molecule has 0 spiro atoms. The predicted molar refractivity (Wildman–Crippen MR) is 105 cm³/mol. The first-order valence-corrected chi connectivity index (χ1v) is 8.73. The predicted octanol–water partition coefficient (Wildman–Crippen LogP) is 2.21. The Morgan fingerprint density at radius 2 is 2.14 bits per heavy atom. The molecular formula is C22H19N3O4. The molecule has 3 aliphatic heterocycles. The van der Waals surface area contributed by atoms with E-state index in [1.165, 1.54) is 0 Å². The molecule has 1 fully saturated rings. The molecule has 7 nitrogen and oxygen atoms in total. The van der Waals surface area contributed by atoms with Crippen LogP contribution in [0.15, 0.2) is 42.4 Å². The number of carbonyl (C=O) groups is 2. The van der Waals surface area contributed by atoms with Crippen molar-refractivity contribution in [1.29, 1.82) is 0 Å². The van der Waals surface area contributed by atoms with E-state index in [0.717, 1.165) is 0 Å². The Hall–Kier alpha value is -3.48. The first-order valence-electron chi connectivity index (χ1n) is 14.2. The zero-order valence-corrected chi connectivity index (χ0v) is 14.6. The third-order valence-corrected chi connectivity index (χ3v) is 5.20. The smallest absolute Gasteiger partial charge is 0.245 e. The third-order valence-electron chi connectivity index (χ3n) is 5.20. The zero-order valence-electron chi connectivity index (χ0n) is 25.6. The summed E-state index contributed by atoms with van der Waals surface area (Å²) in [5.74, 6) is -4.07. The van der Waals surface area contributed by atoms with Crippen molar-refractivity contribution in [2.45, 2.75) is 18.5 Å². The topological polar surface area (TPSA) is 74.9 Å². The van der Waals surface area contributed by atoms with Crippen LogP contribution in [0.2, 0.25) is 0 Å². The van der Waals surface area contributed by atoms with E-state index in [-0.39, 0.29) is 17.0 Å². The number of nitrogens with one attached hydrogen (secondary N) is 1. The second-order valence-corrected chi connectivity index (χ2v) is 6.75. The molecule has 1 N–H and O–H groups in total. The molecule has 3 aliphatic rings. The van der Waals surface area contributed by atoms with Crippen molar-refractivity contribution in [3.8, 4) is 11.5 Å². The molecule has 0 aliphatic carbocycles. The Bertz CT molecular complexity index is 1650. The van der Waals surface area contributed by atoms with Crippen molar-refractivity contribution in [2.75, 3.05) is 20.2 Å². The Balaban J connectivity index is 1.71. The number of H-pyrrole nitrogens is 1. The monoisotopic (exact) mass is 400 g/mol. The van der Waals surface area contributed by atoms with Crippen LogP contribution in [0.4, 0.5) is 0 Å². The number of aromatic amines is 1. The number of aromatic nitrogens is 1. The molecule has 0 radical (unpaired) electrons. The summed E-state index contributed by atoms with van der Waals surface area (Å²) in [5.41, 5.74) is -0.0538. The van der Waals surface area contributed by atoms with Crippen LogP contribution in [-0.2, 0) is 16.0 Å². The Morgan fingerprint density at radius 1 is 1.28 bits per heavy atom. The SMILES string of the molecule is [2H]c1c([2H])c([C@]2([2H])c3[nH]c4ccccc4c3C[C@@H]3C(=O)N(C([2H])([2H])[2H])C([2H])([2H])C(=O)N32)c([2H])c2c1OC([2H])([2H])O2. The maximum atomic E-state index is 13.8. The fourth-order valence-corrected chi connectivity index (χ4v) is 3.96. The number of fused-ring (bicyclic) bond motifs is 5. The van der Waals surface area contributed by atoms with Gasteiger partial charge in [-0.25, -0.2) is 0 Å². The number of carbonyl (C=O) groups excluding carboxylic acids is 2. The number of hydrogen-bond acceptors (Lipinski definition) is 4. The van der Waals surface area contributed by atoms with Gasteiger partial charge in [-0.3, -0.25) is 9.59 Å². The molecule has 7 heteroatoms. The number of nitrogens with zero attached hydrogens (tertiary/aromatic N) is 2. The third kappa shape index (κ3) is 2.24. The van der Waals surface area contributed by atoms with Gasteiger partial charge in [-0.05, 0) is 29.3 Å². The Morgan fingerprint density at radius 3 is 3.03 bits per heavy atom. The van der Waals surface area contributed by atoms with Gasteiger partial charge in [0, 0.05) is 34.1 Å². The molecule has 2 atom stereocenters. The molecule has 0 saturated carbocycles. The van der Waals surface area contributed by atoms with Gasteiger partial charge in [-0.2, -0.15) is 0 Å². The summed E-state index contributed by atoms with van der Waals surface area (Å²) in [6.07, 6.45) is -0.311. The van der Waals surface area contributed by atoms with Gasteiger partial charge < -0.3 is 24.3 Å². The molecule has 1 aromatic heterocycles. The first-order chi connectivity index (χ1) is 18.4. The molecule has 2 amide bonds. The van der Waals surface area contributed by atoms with E-state index in [1.807, 2.05) is 0 Å². The van der Waals surface area contributed by atoms with Crippen molar-refractivity contribution >= 4 is 22.7 Å². The summed E-state index contributed by atoms with van der Waals surface area (Å²) in [6.45, 7) is -9.60. The highest BCUT2D eigenvalue weighted by Crippen LogP contribution is 2.44.